The summed E-state index contributed by atoms with van der Waals surface area (Å²) in [5, 5.41) is 12.2. The maximum Gasteiger partial charge on any atom is 0.139 e. The Bertz CT molecular complexity index is 604. The summed E-state index contributed by atoms with van der Waals surface area (Å²) in [5.41, 5.74) is 0.960. The number of phenolic OH excluding ortho intramolecular Hbond substituents is 1. The average molecular weight is 328 g/mol. The first-order valence-electron chi connectivity index (χ1n) is 5.67. The van der Waals surface area contributed by atoms with Gasteiger partial charge in [-0.15, -0.1) is 0 Å². The number of halogens is 3. The molecule has 2 aromatic rings. The van der Waals surface area contributed by atoms with Gasteiger partial charge in [0.25, 0.3) is 0 Å². The van der Waals surface area contributed by atoms with Gasteiger partial charge in [0.05, 0.1) is 10.5 Å². The lowest BCUT2D eigenvalue weighted by atomic mass is 10.1. The zero-order valence-corrected chi connectivity index (χ0v) is 11.7. The molecule has 1 atom stereocenters. The molecule has 0 aliphatic carbocycles. The first kappa shape index (κ1) is 13.8. The van der Waals surface area contributed by atoms with Crippen molar-refractivity contribution in [1.29, 1.82) is 0 Å². The van der Waals surface area contributed by atoms with Crippen LogP contribution >= 0.6 is 15.9 Å². The summed E-state index contributed by atoms with van der Waals surface area (Å²) >= 11 is 3.07. The van der Waals surface area contributed by atoms with Crippen molar-refractivity contribution in [2.45, 2.75) is 13.0 Å². The summed E-state index contributed by atoms with van der Waals surface area (Å²) in [6, 6.07) is 8.23. The van der Waals surface area contributed by atoms with Gasteiger partial charge in [-0.05, 0) is 47.1 Å². The van der Waals surface area contributed by atoms with E-state index in [1.165, 1.54) is 18.2 Å². The Balaban J connectivity index is 2.20. The fraction of sp³-hybridized carbons (Fsp3) is 0.143. The SMILES string of the molecule is CC(Nc1ccc(Br)c(F)c1)c1ccc(O)cc1F. The smallest absolute Gasteiger partial charge is 0.139 e. The van der Waals surface area contributed by atoms with Crippen molar-refractivity contribution in [2.24, 2.45) is 0 Å². The second-order valence-electron chi connectivity index (χ2n) is 4.20. The average Bonchev–Trinajstić information content (AvgIpc) is 2.33. The van der Waals surface area contributed by atoms with Crippen LogP contribution in [0.5, 0.6) is 5.75 Å². The quantitative estimate of drug-likeness (QED) is 0.863. The molecule has 1 unspecified atom stereocenters. The van der Waals surface area contributed by atoms with Crippen molar-refractivity contribution in [3.05, 3.63) is 58.1 Å². The minimum Gasteiger partial charge on any atom is -0.508 e. The molecular weight excluding hydrogens is 316 g/mol. The van der Waals surface area contributed by atoms with Gasteiger partial charge in [-0.3, -0.25) is 0 Å². The Morgan fingerprint density at radius 2 is 1.84 bits per heavy atom. The van der Waals surface area contributed by atoms with E-state index >= 15 is 0 Å². The Morgan fingerprint density at radius 1 is 1.11 bits per heavy atom. The molecule has 0 fully saturated rings. The zero-order chi connectivity index (χ0) is 14.0. The van der Waals surface area contributed by atoms with Crippen LogP contribution in [0.1, 0.15) is 18.5 Å². The topological polar surface area (TPSA) is 32.3 Å². The normalized spacial score (nSPS) is 12.2. The van der Waals surface area contributed by atoms with Gasteiger partial charge in [-0.25, -0.2) is 8.78 Å². The molecule has 5 heteroatoms. The van der Waals surface area contributed by atoms with Crippen molar-refractivity contribution in [3.63, 3.8) is 0 Å². The van der Waals surface area contributed by atoms with Gasteiger partial charge in [-0.2, -0.15) is 0 Å². The van der Waals surface area contributed by atoms with Crippen LogP contribution in [-0.4, -0.2) is 5.11 Å². The van der Waals surface area contributed by atoms with Gasteiger partial charge in [0.2, 0.25) is 0 Å². The van der Waals surface area contributed by atoms with Gasteiger partial charge in [0.15, 0.2) is 0 Å². The van der Waals surface area contributed by atoms with E-state index in [4.69, 9.17) is 5.11 Å². The molecule has 0 aliphatic heterocycles. The molecular formula is C14H12BrF2NO. The van der Waals surface area contributed by atoms with Gasteiger partial charge in [-0.1, -0.05) is 6.07 Å². The summed E-state index contributed by atoms with van der Waals surface area (Å²) in [6.45, 7) is 1.76. The monoisotopic (exact) mass is 327 g/mol. The largest absolute Gasteiger partial charge is 0.508 e. The minimum absolute atomic E-state index is 0.122. The van der Waals surface area contributed by atoms with Crippen molar-refractivity contribution in [3.8, 4) is 5.75 Å². The van der Waals surface area contributed by atoms with Gasteiger partial charge >= 0.3 is 0 Å². The summed E-state index contributed by atoms with van der Waals surface area (Å²) in [7, 11) is 0. The number of hydrogen-bond acceptors (Lipinski definition) is 2. The van der Waals surface area contributed by atoms with Crippen LogP contribution in [0.3, 0.4) is 0 Å². The van der Waals surface area contributed by atoms with Crippen LogP contribution in [0.2, 0.25) is 0 Å². The standard InChI is InChI=1S/C14H12BrF2NO/c1-8(11-4-3-10(19)7-13(11)16)18-9-2-5-12(15)14(17)6-9/h2-8,18-19H,1H3. The van der Waals surface area contributed by atoms with E-state index in [9.17, 15) is 8.78 Å². The minimum atomic E-state index is -0.502. The van der Waals surface area contributed by atoms with Crippen LogP contribution in [0, 0.1) is 11.6 Å². The molecule has 0 radical (unpaired) electrons. The number of anilines is 1. The van der Waals surface area contributed by atoms with Crippen LogP contribution in [-0.2, 0) is 0 Å². The van der Waals surface area contributed by atoms with Crippen LogP contribution in [0.4, 0.5) is 14.5 Å². The fourth-order valence-electron chi connectivity index (χ4n) is 1.78. The van der Waals surface area contributed by atoms with E-state index in [1.807, 2.05) is 0 Å². The van der Waals surface area contributed by atoms with E-state index in [2.05, 4.69) is 21.2 Å². The number of phenols is 1. The highest BCUT2D eigenvalue weighted by atomic mass is 79.9. The molecule has 2 N–H and O–H groups in total. The Kier molecular flexibility index (Phi) is 4.04. The summed E-state index contributed by atoms with van der Waals surface area (Å²) in [5.74, 6) is -1.01. The van der Waals surface area contributed by atoms with Gasteiger partial charge in [0.1, 0.15) is 17.4 Å². The predicted molar refractivity (Wildman–Crippen MR) is 74.2 cm³/mol. The Labute approximate surface area is 118 Å². The number of aromatic hydroxyl groups is 1. The molecule has 0 heterocycles. The highest BCUT2D eigenvalue weighted by molar-refractivity contribution is 9.10. The number of benzene rings is 2. The van der Waals surface area contributed by atoms with Crippen molar-refractivity contribution in [1.82, 2.24) is 0 Å². The van der Waals surface area contributed by atoms with Crippen molar-refractivity contribution in [2.75, 3.05) is 5.32 Å². The maximum atomic E-state index is 13.7. The highest BCUT2D eigenvalue weighted by Crippen LogP contribution is 2.26. The predicted octanol–water partition coefficient (Wildman–Crippen LogP) is 4.61. The summed E-state index contributed by atoms with van der Waals surface area (Å²) in [6.07, 6.45) is 0. The fourth-order valence-corrected chi connectivity index (χ4v) is 2.03. The lowest BCUT2D eigenvalue weighted by molar-refractivity contribution is 0.467. The molecule has 0 aliphatic rings. The number of rotatable bonds is 3. The number of hydrogen-bond donors (Lipinski definition) is 2. The van der Waals surface area contributed by atoms with E-state index in [0.29, 0.717) is 15.7 Å². The summed E-state index contributed by atoms with van der Waals surface area (Å²) in [4.78, 5) is 0. The second-order valence-corrected chi connectivity index (χ2v) is 5.06. The summed E-state index contributed by atoms with van der Waals surface area (Å²) < 4.78 is 27.4. The molecule has 0 saturated heterocycles. The second kappa shape index (κ2) is 5.57. The first-order valence-corrected chi connectivity index (χ1v) is 6.46. The van der Waals surface area contributed by atoms with Crippen LogP contribution in [0.15, 0.2) is 40.9 Å². The molecule has 0 saturated carbocycles. The van der Waals surface area contributed by atoms with Crippen molar-refractivity contribution < 1.29 is 13.9 Å². The number of nitrogens with one attached hydrogen (secondary N) is 1. The highest BCUT2D eigenvalue weighted by Gasteiger charge is 2.12. The third kappa shape index (κ3) is 3.23. The Morgan fingerprint density at radius 3 is 2.47 bits per heavy atom. The van der Waals surface area contributed by atoms with Crippen molar-refractivity contribution >= 4 is 21.6 Å². The molecule has 100 valence electrons. The van der Waals surface area contributed by atoms with E-state index in [0.717, 1.165) is 6.07 Å². The van der Waals surface area contributed by atoms with E-state index < -0.39 is 5.82 Å². The van der Waals surface area contributed by atoms with E-state index in [-0.39, 0.29) is 17.6 Å². The van der Waals surface area contributed by atoms with Gasteiger partial charge < -0.3 is 10.4 Å². The molecule has 0 spiro atoms. The molecule has 0 amide bonds. The molecule has 2 rings (SSSR count). The third-order valence-corrected chi connectivity index (χ3v) is 3.40. The Hall–Kier alpha value is -1.62. The lowest BCUT2D eigenvalue weighted by Crippen LogP contribution is -2.08. The van der Waals surface area contributed by atoms with Crippen LogP contribution in [0.25, 0.3) is 0 Å². The first-order chi connectivity index (χ1) is 8.97. The van der Waals surface area contributed by atoms with Crippen LogP contribution < -0.4 is 5.32 Å². The zero-order valence-electron chi connectivity index (χ0n) is 10.1. The maximum absolute atomic E-state index is 13.7. The lowest BCUT2D eigenvalue weighted by Gasteiger charge is -2.16. The molecule has 2 aromatic carbocycles. The van der Waals surface area contributed by atoms with Gasteiger partial charge in [0, 0.05) is 17.3 Å². The molecule has 0 bridgehead atoms. The van der Waals surface area contributed by atoms with E-state index in [1.54, 1.807) is 19.1 Å². The molecule has 0 aromatic heterocycles. The molecule has 19 heavy (non-hydrogen) atoms. The third-order valence-electron chi connectivity index (χ3n) is 2.75. The molecule has 2 nitrogen and oxygen atoms in total.